The number of nitrogens with zero attached hydrogens (tertiary/aromatic N) is 3. The predicted octanol–water partition coefficient (Wildman–Crippen LogP) is 2.64. The number of methoxy groups -OCH3 is 1. The van der Waals surface area contributed by atoms with Gasteiger partial charge in [-0.1, -0.05) is 11.6 Å². The molecule has 1 N–H and O–H groups in total. The minimum Gasteiger partial charge on any atom is -0.495 e. The number of nitro groups is 1. The number of hydrogen-bond donors (Lipinski definition) is 1. The molecule has 0 saturated heterocycles. The Kier molecular flexibility index (Phi) is 6.57. The van der Waals surface area contributed by atoms with E-state index in [1.165, 1.54) is 38.6 Å². The molecule has 28 heavy (non-hydrogen) atoms. The van der Waals surface area contributed by atoms with Gasteiger partial charge in [0.05, 0.1) is 17.1 Å². The van der Waals surface area contributed by atoms with E-state index in [0.717, 1.165) is 0 Å². The van der Waals surface area contributed by atoms with E-state index in [4.69, 9.17) is 21.1 Å². The van der Waals surface area contributed by atoms with Crippen LogP contribution in [0.15, 0.2) is 18.2 Å². The van der Waals surface area contributed by atoms with Gasteiger partial charge in [0.2, 0.25) is 0 Å². The summed E-state index contributed by atoms with van der Waals surface area (Å²) >= 11 is 6.00. The van der Waals surface area contributed by atoms with Crippen LogP contribution in [0.5, 0.6) is 5.75 Å². The Hall–Kier alpha value is -3.14. The lowest BCUT2D eigenvalue weighted by Gasteiger charge is -2.14. The predicted molar refractivity (Wildman–Crippen MR) is 101 cm³/mol. The van der Waals surface area contributed by atoms with Gasteiger partial charge in [0, 0.05) is 5.69 Å². The first-order valence-corrected chi connectivity index (χ1v) is 8.54. The fourth-order valence-corrected chi connectivity index (χ4v) is 2.76. The van der Waals surface area contributed by atoms with E-state index in [1.54, 1.807) is 12.1 Å². The molecule has 1 atom stereocenters. The smallest absolute Gasteiger partial charge is 0.328 e. The van der Waals surface area contributed by atoms with Crippen molar-refractivity contribution < 1.29 is 24.0 Å². The number of carbonyl (C=O) groups is 2. The third-order valence-electron chi connectivity index (χ3n) is 3.90. The van der Waals surface area contributed by atoms with E-state index in [2.05, 4.69) is 10.4 Å². The molecule has 0 unspecified atom stereocenters. The number of nitrogens with one attached hydrogen (secondary N) is 1. The topological polar surface area (TPSA) is 126 Å². The molecular formula is C17H19ClN4O6. The normalized spacial score (nSPS) is 11.6. The lowest BCUT2D eigenvalue weighted by Crippen LogP contribution is -2.31. The maximum Gasteiger partial charge on any atom is 0.328 e. The highest BCUT2D eigenvalue weighted by molar-refractivity contribution is 6.32. The fourth-order valence-electron chi connectivity index (χ4n) is 2.50. The second kappa shape index (κ2) is 8.70. The maximum absolute atomic E-state index is 12.2. The SMILES string of the molecule is COc1ccc(NC(=O)[C@H](C)OC(=O)Cn2nc(C)c([N+](=O)[O-])c2C)cc1Cl. The summed E-state index contributed by atoms with van der Waals surface area (Å²) in [5, 5.41) is 17.9. The number of aryl methyl sites for hydroxylation is 1. The van der Waals surface area contributed by atoms with Gasteiger partial charge in [0.25, 0.3) is 5.91 Å². The fraction of sp³-hybridized carbons (Fsp3) is 0.353. The van der Waals surface area contributed by atoms with E-state index in [9.17, 15) is 19.7 Å². The monoisotopic (exact) mass is 410 g/mol. The molecule has 0 aliphatic heterocycles. The third-order valence-corrected chi connectivity index (χ3v) is 4.20. The Morgan fingerprint density at radius 2 is 2.07 bits per heavy atom. The van der Waals surface area contributed by atoms with Gasteiger partial charge in [-0.05, 0) is 39.0 Å². The lowest BCUT2D eigenvalue weighted by atomic mass is 10.3. The Bertz CT molecular complexity index is 927. The Morgan fingerprint density at radius 3 is 2.61 bits per heavy atom. The zero-order valence-electron chi connectivity index (χ0n) is 15.7. The third kappa shape index (κ3) is 4.77. The first-order chi connectivity index (χ1) is 13.1. The summed E-state index contributed by atoms with van der Waals surface area (Å²) < 4.78 is 11.3. The molecular weight excluding hydrogens is 392 g/mol. The largest absolute Gasteiger partial charge is 0.495 e. The molecule has 1 heterocycles. The Morgan fingerprint density at radius 1 is 1.39 bits per heavy atom. The van der Waals surface area contributed by atoms with Crippen molar-refractivity contribution in [2.24, 2.45) is 0 Å². The van der Waals surface area contributed by atoms with Crippen molar-refractivity contribution in [2.45, 2.75) is 33.4 Å². The minimum atomic E-state index is -1.10. The summed E-state index contributed by atoms with van der Waals surface area (Å²) in [4.78, 5) is 34.7. The molecule has 11 heteroatoms. The average Bonchev–Trinajstić information content (AvgIpc) is 2.88. The summed E-state index contributed by atoms with van der Waals surface area (Å²) in [5.74, 6) is -0.858. The molecule has 1 amide bonds. The van der Waals surface area contributed by atoms with E-state index in [-0.39, 0.29) is 23.6 Å². The van der Waals surface area contributed by atoms with Gasteiger partial charge in [0.1, 0.15) is 23.7 Å². The molecule has 10 nitrogen and oxygen atoms in total. The van der Waals surface area contributed by atoms with E-state index in [1.807, 2.05) is 0 Å². The van der Waals surface area contributed by atoms with Crippen LogP contribution < -0.4 is 10.1 Å². The molecule has 1 aromatic carbocycles. The van der Waals surface area contributed by atoms with Crippen LogP contribution >= 0.6 is 11.6 Å². The first kappa shape index (κ1) is 21.2. The summed E-state index contributed by atoms with van der Waals surface area (Å²) in [7, 11) is 1.47. The van der Waals surface area contributed by atoms with Gasteiger partial charge in [-0.15, -0.1) is 0 Å². The van der Waals surface area contributed by atoms with Gasteiger partial charge < -0.3 is 14.8 Å². The summed E-state index contributed by atoms with van der Waals surface area (Å²) in [5.41, 5.74) is 0.671. The standard InChI is InChI=1S/C17H19ClN4O6/c1-9-16(22(25)26)10(2)21(20-9)8-15(23)28-11(3)17(24)19-12-5-6-14(27-4)13(18)7-12/h5-7,11H,8H2,1-4H3,(H,19,24)/t11-/m0/s1. The Labute approximate surface area is 165 Å². The number of anilines is 1. The van der Waals surface area contributed by atoms with Crippen LogP contribution in [0.4, 0.5) is 11.4 Å². The number of aromatic nitrogens is 2. The van der Waals surface area contributed by atoms with Crippen LogP contribution in [0.25, 0.3) is 0 Å². The molecule has 0 aliphatic carbocycles. The van der Waals surface area contributed by atoms with Crippen molar-refractivity contribution in [3.63, 3.8) is 0 Å². The quantitative estimate of drug-likeness (QED) is 0.422. The summed E-state index contributed by atoms with van der Waals surface area (Å²) in [6.45, 7) is 4.01. The number of carbonyl (C=O) groups excluding carboxylic acids is 2. The van der Waals surface area contributed by atoms with E-state index < -0.39 is 22.9 Å². The number of ether oxygens (including phenoxy) is 2. The zero-order chi connectivity index (χ0) is 21.0. The molecule has 150 valence electrons. The van der Waals surface area contributed by atoms with Gasteiger partial charge in [-0.3, -0.25) is 24.4 Å². The number of halogens is 1. The Balaban J connectivity index is 1.98. The zero-order valence-corrected chi connectivity index (χ0v) is 16.4. The summed E-state index contributed by atoms with van der Waals surface area (Å²) in [6, 6.07) is 4.68. The number of amides is 1. The first-order valence-electron chi connectivity index (χ1n) is 8.16. The van der Waals surface area contributed by atoms with Gasteiger partial charge in [-0.2, -0.15) is 5.10 Å². The van der Waals surface area contributed by atoms with Crippen LogP contribution in [-0.2, 0) is 20.9 Å². The number of benzene rings is 1. The average molecular weight is 411 g/mol. The van der Waals surface area contributed by atoms with Crippen LogP contribution in [0.1, 0.15) is 18.3 Å². The van der Waals surface area contributed by atoms with Crippen molar-refractivity contribution in [1.82, 2.24) is 9.78 Å². The molecule has 0 bridgehead atoms. The summed E-state index contributed by atoms with van der Waals surface area (Å²) in [6.07, 6.45) is -1.10. The molecule has 0 saturated carbocycles. The second-order valence-corrected chi connectivity index (χ2v) is 6.31. The van der Waals surface area contributed by atoms with Crippen LogP contribution in [0.2, 0.25) is 5.02 Å². The van der Waals surface area contributed by atoms with Crippen molar-refractivity contribution in [1.29, 1.82) is 0 Å². The molecule has 0 fully saturated rings. The highest BCUT2D eigenvalue weighted by Gasteiger charge is 2.24. The molecule has 1 aromatic heterocycles. The van der Waals surface area contributed by atoms with Gasteiger partial charge in [0.15, 0.2) is 6.10 Å². The van der Waals surface area contributed by atoms with Crippen LogP contribution in [0, 0.1) is 24.0 Å². The highest BCUT2D eigenvalue weighted by atomic mass is 35.5. The highest BCUT2D eigenvalue weighted by Crippen LogP contribution is 2.27. The molecule has 2 rings (SSSR count). The number of esters is 1. The maximum atomic E-state index is 12.2. The van der Waals surface area contributed by atoms with Crippen LogP contribution in [-0.4, -0.2) is 39.8 Å². The van der Waals surface area contributed by atoms with Crippen molar-refractivity contribution in [2.75, 3.05) is 12.4 Å². The van der Waals surface area contributed by atoms with Crippen LogP contribution in [0.3, 0.4) is 0 Å². The molecule has 2 aromatic rings. The number of rotatable bonds is 7. The van der Waals surface area contributed by atoms with E-state index >= 15 is 0 Å². The molecule has 0 spiro atoms. The van der Waals surface area contributed by atoms with Crippen molar-refractivity contribution in [3.8, 4) is 5.75 Å². The molecule has 0 aliphatic rings. The lowest BCUT2D eigenvalue weighted by molar-refractivity contribution is -0.386. The number of hydrogen-bond acceptors (Lipinski definition) is 7. The minimum absolute atomic E-state index is 0.157. The van der Waals surface area contributed by atoms with Crippen molar-refractivity contribution >= 4 is 34.9 Å². The van der Waals surface area contributed by atoms with E-state index in [0.29, 0.717) is 16.5 Å². The van der Waals surface area contributed by atoms with Crippen molar-refractivity contribution in [3.05, 3.63) is 44.7 Å². The van der Waals surface area contributed by atoms with Gasteiger partial charge in [-0.25, -0.2) is 0 Å². The molecule has 0 radical (unpaired) electrons. The van der Waals surface area contributed by atoms with Gasteiger partial charge >= 0.3 is 11.7 Å². The second-order valence-electron chi connectivity index (χ2n) is 5.90.